The number of aromatic nitrogens is 2. The predicted octanol–water partition coefficient (Wildman–Crippen LogP) is 14.1. The molecule has 11 aromatic rings. The van der Waals surface area contributed by atoms with Gasteiger partial charge in [0.1, 0.15) is 11.5 Å². The molecule has 256 valence electrons. The quantitative estimate of drug-likeness (QED) is 0.179. The molecule has 0 saturated carbocycles. The number of nitrogens with zero attached hydrogens (tertiary/aromatic N) is 2. The number of hydrogen-bond donors (Lipinski definition) is 0. The Kier molecular flexibility index (Phi) is 6.34. The van der Waals surface area contributed by atoms with E-state index in [-0.39, 0.29) is 0 Å². The molecular weight excluding hydrogens is 669 g/mol. The second-order valence-corrected chi connectivity index (χ2v) is 14.5. The molecule has 3 heterocycles. The fourth-order valence-electron chi connectivity index (χ4n) is 9.08. The van der Waals surface area contributed by atoms with Crippen LogP contribution in [-0.2, 0) is 0 Å². The van der Waals surface area contributed by atoms with Crippen molar-refractivity contribution in [1.82, 2.24) is 9.13 Å². The van der Waals surface area contributed by atoms with E-state index in [1.54, 1.807) is 0 Å². The molecule has 0 unspecified atom stereocenters. The van der Waals surface area contributed by atoms with Gasteiger partial charge in [0.2, 0.25) is 0 Å². The molecule has 3 heteroatoms. The van der Waals surface area contributed by atoms with Crippen molar-refractivity contribution in [3.63, 3.8) is 0 Å². The van der Waals surface area contributed by atoms with Crippen molar-refractivity contribution >= 4 is 54.4 Å². The molecule has 0 atom stereocenters. The molecule has 0 fully saturated rings. The molecule has 0 radical (unpaired) electrons. The van der Waals surface area contributed by atoms with E-state index in [0.717, 1.165) is 50.5 Å². The first kappa shape index (κ1) is 30.1. The number of para-hydroxylation sites is 3. The fourth-order valence-corrected chi connectivity index (χ4v) is 9.08. The zero-order valence-corrected chi connectivity index (χ0v) is 29.8. The maximum atomic E-state index is 6.96. The molecule has 0 aliphatic carbocycles. The Balaban J connectivity index is 1.01. The standard InChI is InChI=1S/C52H32N2O/c1-3-13-33(14-4-1)34-15-11-18-38(29-34)54-45-23-9-7-19-39(45)44-30-35(26-28-47(44)54)36-25-27-40-41-21-12-22-43-51-42-20-8-10-24-46(42)53(37-16-5-2-6-17-37)48(51)32-50(52(41)43)55-49(40)31-36/h1-32H. The van der Waals surface area contributed by atoms with E-state index < -0.39 is 0 Å². The third kappa shape index (κ3) is 4.44. The van der Waals surface area contributed by atoms with Gasteiger partial charge in [-0.15, -0.1) is 0 Å². The van der Waals surface area contributed by atoms with Gasteiger partial charge in [0.25, 0.3) is 0 Å². The molecule has 12 rings (SSSR count). The normalized spacial score (nSPS) is 12.1. The average Bonchev–Trinajstić information content (AvgIpc) is 3.77. The van der Waals surface area contributed by atoms with Crippen molar-refractivity contribution in [1.29, 1.82) is 0 Å². The highest BCUT2D eigenvalue weighted by molar-refractivity contribution is 6.25. The number of fused-ring (bicyclic) bond motifs is 9. The van der Waals surface area contributed by atoms with E-state index in [1.807, 2.05) is 0 Å². The Morgan fingerprint density at radius 3 is 1.75 bits per heavy atom. The maximum Gasteiger partial charge on any atom is 0.138 e. The summed E-state index contributed by atoms with van der Waals surface area (Å²) in [6.07, 6.45) is 0. The zero-order valence-electron chi connectivity index (χ0n) is 29.8. The average molecular weight is 701 g/mol. The summed E-state index contributed by atoms with van der Waals surface area (Å²) < 4.78 is 11.7. The van der Waals surface area contributed by atoms with Gasteiger partial charge >= 0.3 is 0 Å². The predicted molar refractivity (Wildman–Crippen MR) is 229 cm³/mol. The lowest BCUT2D eigenvalue weighted by atomic mass is 9.91. The Labute approximate surface area is 317 Å². The van der Waals surface area contributed by atoms with Crippen molar-refractivity contribution in [2.24, 2.45) is 0 Å². The first-order valence-electron chi connectivity index (χ1n) is 18.8. The third-order valence-corrected chi connectivity index (χ3v) is 11.5. The van der Waals surface area contributed by atoms with E-state index in [2.05, 4.69) is 203 Å². The smallest absolute Gasteiger partial charge is 0.138 e. The summed E-state index contributed by atoms with van der Waals surface area (Å²) in [5.74, 6) is 1.76. The van der Waals surface area contributed by atoms with Gasteiger partial charge in [-0.2, -0.15) is 0 Å². The minimum atomic E-state index is 0.875. The topological polar surface area (TPSA) is 19.1 Å². The molecular formula is C52H32N2O. The third-order valence-electron chi connectivity index (χ3n) is 11.5. The van der Waals surface area contributed by atoms with Gasteiger partial charge in [-0.1, -0.05) is 127 Å². The lowest BCUT2D eigenvalue weighted by Gasteiger charge is -2.23. The Bertz CT molecular complexity index is 3330. The van der Waals surface area contributed by atoms with Crippen molar-refractivity contribution in [3.8, 4) is 56.3 Å². The minimum Gasteiger partial charge on any atom is -0.456 e. The van der Waals surface area contributed by atoms with E-state index in [0.29, 0.717) is 0 Å². The van der Waals surface area contributed by atoms with Crippen LogP contribution in [0, 0.1) is 0 Å². The molecule has 9 aromatic carbocycles. The second kappa shape index (κ2) is 11.6. The van der Waals surface area contributed by atoms with Gasteiger partial charge < -0.3 is 13.9 Å². The number of benzene rings is 9. The Morgan fingerprint density at radius 2 is 0.891 bits per heavy atom. The van der Waals surface area contributed by atoms with Crippen LogP contribution < -0.4 is 4.74 Å². The van der Waals surface area contributed by atoms with Gasteiger partial charge in [0.15, 0.2) is 0 Å². The molecule has 0 saturated heterocycles. The largest absolute Gasteiger partial charge is 0.456 e. The Morgan fingerprint density at radius 1 is 0.291 bits per heavy atom. The zero-order chi connectivity index (χ0) is 36.0. The van der Waals surface area contributed by atoms with Crippen LogP contribution in [0.4, 0.5) is 0 Å². The summed E-state index contributed by atoms with van der Waals surface area (Å²) in [4.78, 5) is 0. The monoisotopic (exact) mass is 700 g/mol. The summed E-state index contributed by atoms with van der Waals surface area (Å²) in [6, 6.07) is 70.0. The summed E-state index contributed by atoms with van der Waals surface area (Å²) in [5, 5.41) is 7.33. The lowest BCUT2D eigenvalue weighted by molar-refractivity contribution is 0.488. The van der Waals surface area contributed by atoms with Crippen LogP contribution in [0.15, 0.2) is 194 Å². The van der Waals surface area contributed by atoms with Crippen LogP contribution in [-0.4, -0.2) is 9.13 Å². The second-order valence-electron chi connectivity index (χ2n) is 14.5. The molecule has 2 aromatic heterocycles. The van der Waals surface area contributed by atoms with Crippen LogP contribution in [0.25, 0.3) is 99.1 Å². The SMILES string of the molecule is c1ccc(-c2cccc(-n3c4ccccc4c4cc(-c5ccc6c(c5)Oc5cc7c(c8cccc-6c58)c5ccccc5n7-c5ccccc5)ccc43)c2)cc1. The molecule has 55 heavy (non-hydrogen) atoms. The highest BCUT2D eigenvalue weighted by atomic mass is 16.5. The summed E-state index contributed by atoms with van der Waals surface area (Å²) >= 11 is 0. The number of rotatable bonds is 4. The van der Waals surface area contributed by atoms with Crippen LogP contribution in [0.1, 0.15) is 0 Å². The van der Waals surface area contributed by atoms with Crippen molar-refractivity contribution in [3.05, 3.63) is 194 Å². The van der Waals surface area contributed by atoms with E-state index >= 15 is 0 Å². The van der Waals surface area contributed by atoms with E-state index in [1.165, 1.54) is 60.2 Å². The molecule has 3 nitrogen and oxygen atoms in total. The molecule has 1 aliphatic heterocycles. The van der Waals surface area contributed by atoms with Crippen molar-refractivity contribution in [2.75, 3.05) is 0 Å². The first-order chi connectivity index (χ1) is 27.3. The molecule has 0 amide bonds. The summed E-state index contributed by atoms with van der Waals surface area (Å²) in [5.41, 5.74) is 14.0. The number of hydrogen-bond acceptors (Lipinski definition) is 1. The molecule has 1 aliphatic rings. The van der Waals surface area contributed by atoms with Gasteiger partial charge in [-0.05, 0) is 93.9 Å². The fraction of sp³-hybridized carbons (Fsp3) is 0. The highest BCUT2D eigenvalue weighted by Crippen LogP contribution is 2.51. The summed E-state index contributed by atoms with van der Waals surface area (Å²) in [7, 11) is 0. The maximum absolute atomic E-state index is 6.96. The van der Waals surface area contributed by atoms with Crippen molar-refractivity contribution < 1.29 is 4.74 Å². The van der Waals surface area contributed by atoms with Crippen LogP contribution in [0.3, 0.4) is 0 Å². The van der Waals surface area contributed by atoms with Crippen molar-refractivity contribution in [2.45, 2.75) is 0 Å². The summed E-state index contributed by atoms with van der Waals surface area (Å²) in [6.45, 7) is 0. The van der Waals surface area contributed by atoms with Crippen LogP contribution in [0.5, 0.6) is 11.5 Å². The van der Waals surface area contributed by atoms with Gasteiger partial charge in [0, 0.05) is 49.9 Å². The van der Waals surface area contributed by atoms with Gasteiger partial charge in [-0.25, -0.2) is 0 Å². The van der Waals surface area contributed by atoms with Crippen LogP contribution >= 0.6 is 0 Å². The van der Waals surface area contributed by atoms with E-state index in [4.69, 9.17) is 4.74 Å². The molecule has 0 N–H and O–H groups in total. The first-order valence-corrected chi connectivity index (χ1v) is 18.8. The molecule has 0 spiro atoms. The van der Waals surface area contributed by atoms with Gasteiger partial charge in [0.05, 0.1) is 22.1 Å². The molecule has 0 bridgehead atoms. The Hall–Kier alpha value is -7.36. The highest BCUT2D eigenvalue weighted by Gasteiger charge is 2.25. The lowest BCUT2D eigenvalue weighted by Crippen LogP contribution is -1.99. The van der Waals surface area contributed by atoms with Crippen LogP contribution in [0.2, 0.25) is 0 Å². The number of ether oxygens (including phenoxy) is 1. The minimum absolute atomic E-state index is 0.875. The van der Waals surface area contributed by atoms with E-state index in [9.17, 15) is 0 Å². The van der Waals surface area contributed by atoms with Gasteiger partial charge in [-0.3, -0.25) is 0 Å².